The number of benzene rings is 2. The molecule has 0 aliphatic carbocycles. The monoisotopic (exact) mass is 408 g/mol. The van der Waals surface area contributed by atoms with E-state index in [0.717, 1.165) is 4.90 Å². The number of carbonyl (C=O) groups excluding carboxylic acids is 2. The van der Waals surface area contributed by atoms with Gasteiger partial charge in [-0.25, -0.2) is 9.29 Å². The van der Waals surface area contributed by atoms with Gasteiger partial charge in [0, 0.05) is 24.2 Å². The first-order chi connectivity index (χ1) is 12.9. The van der Waals surface area contributed by atoms with Crippen molar-refractivity contribution < 1.29 is 19.1 Å². The van der Waals surface area contributed by atoms with Crippen LogP contribution in [0.2, 0.25) is 10.0 Å². The maximum Gasteiger partial charge on any atom is 0.282 e. The van der Waals surface area contributed by atoms with Gasteiger partial charge in [-0.3, -0.25) is 9.59 Å². The number of imide groups is 1. The molecule has 0 fully saturated rings. The summed E-state index contributed by atoms with van der Waals surface area (Å²) < 4.78 is 14.3. The first-order valence-corrected chi connectivity index (χ1v) is 8.77. The maximum absolute atomic E-state index is 14.3. The molecule has 8 heteroatoms. The van der Waals surface area contributed by atoms with Crippen molar-refractivity contribution >= 4 is 46.3 Å². The molecule has 0 radical (unpaired) electrons. The van der Waals surface area contributed by atoms with Gasteiger partial charge >= 0.3 is 0 Å². The van der Waals surface area contributed by atoms with Crippen molar-refractivity contribution in [1.82, 2.24) is 4.90 Å². The third-order valence-corrected chi connectivity index (χ3v) is 4.72. The molecule has 1 aliphatic heterocycles. The van der Waals surface area contributed by atoms with E-state index in [2.05, 4.69) is 0 Å². The van der Waals surface area contributed by atoms with Crippen LogP contribution in [0.15, 0.2) is 48.2 Å². The lowest BCUT2D eigenvalue weighted by Crippen LogP contribution is -2.35. The second-order valence-electron chi connectivity index (χ2n) is 5.89. The van der Waals surface area contributed by atoms with E-state index >= 15 is 0 Å². The number of hydrogen-bond donors (Lipinski definition) is 1. The van der Waals surface area contributed by atoms with Crippen LogP contribution in [0, 0.1) is 5.82 Å². The average molecular weight is 409 g/mol. The number of rotatable bonds is 5. The highest BCUT2D eigenvalue weighted by Gasteiger charge is 2.43. The Labute approximate surface area is 165 Å². The van der Waals surface area contributed by atoms with Crippen molar-refractivity contribution in [3.05, 3.63) is 69.6 Å². The minimum Gasteiger partial charge on any atom is -0.395 e. The summed E-state index contributed by atoms with van der Waals surface area (Å²) in [5, 5.41) is 9.80. The Morgan fingerprint density at radius 1 is 1.11 bits per heavy atom. The molecule has 2 aromatic carbocycles. The SMILES string of the molecule is CN(CCO)C1=C(c2ccc(Cl)cc2Cl)C(=O)N(c2ccccc2F)C1=O. The Bertz CT molecular complexity index is 962. The summed E-state index contributed by atoms with van der Waals surface area (Å²) in [4.78, 5) is 28.4. The molecule has 2 aromatic rings. The van der Waals surface area contributed by atoms with E-state index in [1.54, 1.807) is 13.1 Å². The summed E-state index contributed by atoms with van der Waals surface area (Å²) in [6, 6.07) is 10.0. The van der Waals surface area contributed by atoms with Crippen molar-refractivity contribution in [1.29, 1.82) is 0 Å². The van der Waals surface area contributed by atoms with Gasteiger partial charge in [0.1, 0.15) is 11.5 Å². The maximum atomic E-state index is 14.3. The fraction of sp³-hybridized carbons (Fsp3) is 0.158. The lowest BCUT2D eigenvalue weighted by Gasteiger charge is -2.20. The van der Waals surface area contributed by atoms with Gasteiger partial charge in [0.15, 0.2) is 0 Å². The highest BCUT2D eigenvalue weighted by Crippen LogP contribution is 2.38. The van der Waals surface area contributed by atoms with Crippen molar-refractivity contribution in [2.45, 2.75) is 0 Å². The smallest absolute Gasteiger partial charge is 0.282 e. The number of likely N-dealkylation sites (N-methyl/N-ethyl adjacent to an activating group) is 1. The topological polar surface area (TPSA) is 60.9 Å². The van der Waals surface area contributed by atoms with Crippen LogP contribution >= 0.6 is 23.2 Å². The van der Waals surface area contributed by atoms with Gasteiger partial charge in [-0.15, -0.1) is 0 Å². The number of halogens is 3. The summed E-state index contributed by atoms with van der Waals surface area (Å²) in [5.74, 6) is -2.09. The number of carbonyl (C=O) groups is 2. The second-order valence-corrected chi connectivity index (χ2v) is 6.73. The van der Waals surface area contributed by atoms with Crippen LogP contribution in [0.4, 0.5) is 10.1 Å². The molecule has 0 atom stereocenters. The minimum atomic E-state index is -0.702. The molecule has 0 aromatic heterocycles. The predicted octanol–water partition coefficient (Wildman–Crippen LogP) is 3.34. The number of amides is 2. The van der Waals surface area contributed by atoms with Crippen LogP contribution in [-0.4, -0.2) is 42.0 Å². The van der Waals surface area contributed by atoms with Crippen LogP contribution in [0.1, 0.15) is 5.56 Å². The molecule has 140 valence electrons. The minimum absolute atomic E-state index is 0.0286. The normalized spacial score (nSPS) is 14.3. The Morgan fingerprint density at radius 3 is 2.44 bits per heavy atom. The zero-order valence-electron chi connectivity index (χ0n) is 14.2. The quantitative estimate of drug-likeness (QED) is 0.770. The number of para-hydroxylation sites is 1. The fourth-order valence-corrected chi connectivity index (χ4v) is 3.42. The highest BCUT2D eigenvalue weighted by molar-refractivity contribution is 6.47. The molecule has 0 bridgehead atoms. The summed E-state index contributed by atoms with van der Waals surface area (Å²) in [6.45, 7) is -0.128. The highest BCUT2D eigenvalue weighted by atomic mass is 35.5. The van der Waals surface area contributed by atoms with E-state index in [0.29, 0.717) is 10.6 Å². The average Bonchev–Trinajstić information content (AvgIpc) is 2.86. The largest absolute Gasteiger partial charge is 0.395 e. The lowest BCUT2D eigenvalue weighted by molar-refractivity contribution is -0.120. The van der Waals surface area contributed by atoms with Gasteiger partial charge in [0.2, 0.25) is 0 Å². The van der Waals surface area contributed by atoms with Crippen LogP contribution in [0.5, 0.6) is 0 Å². The molecule has 1 heterocycles. The Morgan fingerprint density at radius 2 is 1.81 bits per heavy atom. The van der Waals surface area contributed by atoms with Crippen LogP contribution in [-0.2, 0) is 9.59 Å². The standard InChI is InChI=1S/C19H15Cl2FN2O3/c1-23(8-9-25)17-16(12-7-6-11(20)10-13(12)21)18(26)24(19(17)27)15-5-3-2-4-14(15)22/h2-7,10,25H,8-9H2,1H3. The van der Waals surface area contributed by atoms with E-state index in [-0.39, 0.29) is 35.1 Å². The fourth-order valence-electron chi connectivity index (χ4n) is 2.92. The van der Waals surface area contributed by atoms with Crippen LogP contribution in [0.3, 0.4) is 0 Å². The third kappa shape index (κ3) is 3.43. The van der Waals surface area contributed by atoms with Crippen molar-refractivity contribution in [2.24, 2.45) is 0 Å². The third-order valence-electron chi connectivity index (χ3n) is 4.17. The number of hydrogen-bond acceptors (Lipinski definition) is 4. The molecule has 2 amide bonds. The Kier molecular flexibility index (Phi) is 5.51. The first kappa shape index (κ1) is 19.4. The van der Waals surface area contributed by atoms with E-state index in [1.807, 2.05) is 0 Å². The van der Waals surface area contributed by atoms with Gasteiger partial charge in [-0.2, -0.15) is 0 Å². The number of aliphatic hydroxyl groups is 1. The molecular weight excluding hydrogens is 394 g/mol. The first-order valence-electron chi connectivity index (χ1n) is 8.01. The van der Waals surface area contributed by atoms with E-state index in [4.69, 9.17) is 23.2 Å². The van der Waals surface area contributed by atoms with Gasteiger partial charge in [0.05, 0.1) is 22.9 Å². The molecule has 0 saturated heterocycles. The van der Waals surface area contributed by atoms with E-state index < -0.39 is 17.6 Å². The van der Waals surface area contributed by atoms with Crippen LogP contribution < -0.4 is 4.90 Å². The Hall–Kier alpha value is -2.41. The van der Waals surface area contributed by atoms with Crippen LogP contribution in [0.25, 0.3) is 5.57 Å². The molecule has 1 aliphatic rings. The molecule has 5 nitrogen and oxygen atoms in total. The molecule has 0 spiro atoms. The number of anilines is 1. The second kappa shape index (κ2) is 7.68. The van der Waals surface area contributed by atoms with Gasteiger partial charge < -0.3 is 10.0 Å². The zero-order valence-corrected chi connectivity index (χ0v) is 15.8. The molecule has 1 N–H and O–H groups in total. The number of nitrogens with zero attached hydrogens (tertiary/aromatic N) is 2. The van der Waals surface area contributed by atoms with Crippen molar-refractivity contribution in [3.8, 4) is 0 Å². The van der Waals surface area contributed by atoms with Gasteiger partial charge in [-0.05, 0) is 24.3 Å². The zero-order chi connectivity index (χ0) is 19.7. The van der Waals surface area contributed by atoms with E-state index in [1.165, 1.54) is 41.3 Å². The molecule has 0 unspecified atom stereocenters. The van der Waals surface area contributed by atoms with E-state index in [9.17, 15) is 19.1 Å². The predicted molar refractivity (Wildman–Crippen MR) is 102 cm³/mol. The van der Waals surface area contributed by atoms with Crippen molar-refractivity contribution in [3.63, 3.8) is 0 Å². The summed E-state index contributed by atoms with van der Waals surface area (Å²) in [5.41, 5.74) is 0.211. The lowest BCUT2D eigenvalue weighted by atomic mass is 10.0. The molecule has 27 heavy (non-hydrogen) atoms. The van der Waals surface area contributed by atoms with Gasteiger partial charge in [-0.1, -0.05) is 41.4 Å². The molecule has 3 rings (SSSR count). The molecular formula is C19H15Cl2FN2O3. The molecule has 0 saturated carbocycles. The van der Waals surface area contributed by atoms with Gasteiger partial charge in [0.25, 0.3) is 11.8 Å². The van der Waals surface area contributed by atoms with Crippen molar-refractivity contribution in [2.75, 3.05) is 25.1 Å². The summed E-state index contributed by atoms with van der Waals surface area (Å²) in [6.07, 6.45) is 0. The summed E-state index contributed by atoms with van der Waals surface area (Å²) >= 11 is 12.2. The number of aliphatic hydroxyl groups excluding tert-OH is 1. The summed E-state index contributed by atoms with van der Waals surface area (Å²) in [7, 11) is 1.56. The Balaban J connectivity index is 2.20.